The molecule has 72 heavy (non-hydrogen) atoms. The molecule has 0 atom stereocenters. The van der Waals surface area contributed by atoms with Crippen molar-refractivity contribution in [3.8, 4) is 44.5 Å². The van der Waals surface area contributed by atoms with Crippen molar-refractivity contribution in [2.75, 3.05) is 0 Å². The third-order valence-electron chi connectivity index (χ3n) is 13.0. The summed E-state index contributed by atoms with van der Waals surface area (Å²) in [5.74, 6) is -0.559. The van der Waals surface area contributed by atoms with Gasteiger partial charge in [0, 0.05) is 67.6 Å². The minimum atomic E-state index is -1.08. The van der Waals surface area contributed by atoms with E-state index in [4.69, 9.17) is 20.1 Å². The first-order valence-corrected chi connectivity index (χ1v) is 24.3. The average molecular weight is 1120 g/mol. The molecule has 0 spiro atoms. The molecule has 0 aliphatic rings. The first-order valence-electron chi connectivity index (χ1n) is 24.3. The number of aryl methyl sites for hydroxylation is 2. The van der Waals surface area contributed by atoms with Crippen LogP contribution in [0.5, 0.6) is 0 Å². The van der Waals surface area contributed by atoms with Crippen molar-refractivity contribution in [3.63, 3.8) is 0 Å². The van der Waals surface area contributed by atoms with Crippen LogP contribution in [0.2, 0.25) is 0 Å². The van der Waals surface area contributed by atoms with Crippen LogP contribution in [0.1, 0.15) is 101 Å². The van der Waals surface area contributed by atoms with Gasteiger partial charge in [0.05, 0.1) is 0 Å². The zero-order valence-electron chi connectivity index (χ0n) is 42.4. The van der Waals surface area contributed by atoms with Crippen LogP contribution in [0.4, 0.5) is 0 Å². The minimum absolute atomic E-state index is 0. The Morgan fingerprint density at radius 3 is 1.53 bits per heavy atom. The summed E-state index contributed by atoms with van der Waals surface area (Å²) in [6.07, 6.45) is 13.1. The predicted octanol–water partition coefficient (Wildman–Crippen LogP) is 15.4. The summed E-state index contributed by atoms with van der Waals surface area (Å²) in [5, 5.41) is 14.6. The van der Waals surface area contributed by atoms with Crippen LogP contribution in [0, 0.1) is 12.1 Å². The van der Waals surface area contributed by atoms with E-state index < -0.39 is 5.97 Å². The molecule has 7 nitrogen and oxygen atoms in total. The number of aromatic nitrogens is 5. The van der Waals surface area contributed by atoms with Gasteiger partial charge in [-0.1, -0.05) is 170 Å². The fraction of sp³-hybridized carbons (Fsp3) is 0.219. The summed E-state index contributed by atoms with van der Waals surface area (Å²) < 4.78 is 0. The number of carboxylic acid groups (broad SMARTS) is 1. The van der Waals surface area contributed by atoms with Crippen LogP contribution in [0.3, 0.4) is 0 Å². The van der Waals surface area contributed by atoms with E-state index in [1.807, 2.05) is 51.6 Å². The van der Waals surface area contributed by atoms with E-state index in [0.29, 0.717) is 5.82 Å². The Bertz CT molecular complexity index is 3450. The molecule has 0 amide bonds. The van der Waals surface area contributed by atoms with E-state index in [9.17, 15) is 4.79 Å². The number of rotatable bonds is 8. The molecule has 363 valence electrons. The molecule has 0 aliphatic heterocycles. The van der Waals surface area contributed by atoms with Gasteiger partial charge in [0.2, 0.25) is 0 Å². The second-order valence-electron chi connectivity index (χ2n) is 21.4. The Morgan fingerprint density at radius 2 is 1.00 bits per heavy atom. The Labute approximate surface area is 437 Å². The number of aromatic carboxylic acids is 1. The number of fused-ring (bicyclic) bond motifs is 6. The molecule has 0 aliphatic carbocycles. The normalized spacial score (nSPS) is 11.8. The molecule has 0 fully saturated rings. The van der Waals surface area contributed by atoms with Gasteiger partial charge in [0.1, 0.15) is 5.82 Å². The largest absolute Gasteiger partial charge is 0.561 e. The van der Waals surface area contributed by atoms with Crippen LogP contribution in [0.15, 0.2) is 165 Å². The molecular formula is C64H59IrN5O2-2. The zero-order valence-corrected chi connectivity index (χ0v) is 44.8. The van der Waals surface area contributed by atoms with Gasteiger partial charge in [-0.25, -0.2) is 0 Å². The first kappa shape index (κ1) is 51.1. The van der Waals surface area contributed by atoms with E-state index in [0.717, 1.165) is 34.9 Å². The molecule has 4 heterocycles. The van der Waals surface area contributed by atoms with Crippen LogP contribution in [-0.2, 0) is 49.2 Å². The quantitative estimate of drug-likeness (QED) is 0.119. The van der Waals surface area contributed by atoms with E-state index in [1.54, 1.807) is 0 Å². The second-order valence-corrected chi connectivity index (χ2v) is 21.4. The average Bonchev–Trinajstić information content (AvgIpc) is 3.37. The van der Waals surface area contributed by atoms with Gasteiger partial charge in [0.15, 0.2) is 5.97 Å². The van der Waals surface area contributed by atoms with Crippen molar-refractivity contribution >= 4 is 38.4 Å². The fourth-order valence-electron chi connectivity index (χ4n) is 9.06. The van der Waals surface area contributed by atoms with Gasteiger partial charge >= 0.3 is 0 Å². The summed E-state index contributed by atoms with van der Waals surface area (Å²) in [7, 11) is 0. The minimum Gasteiger partial charge on any atom is -0.561 e. The molecule has 0 bridgehead atoms. The van der Waals surface area contributed by atoms with Gasteiger partial charge in [0.25, 0.3) is 0 Å². The molecular weight excluding hydrogens is 1060 g/mol. The van der Waals surface area contributed by atoms with Crippen molar-refractivity contribution in [3.05, 3.63) is 210 Å². The summed E-state index contributed by atoms with van der Waals surface area (Å²) in [5.41, 5.74) is 14.9. The first-order chi connectivity index (χ1) is 33.9. The predicted molar refractivity (Wildman–Crippen MR) is 291 cm³/mol. The van der Waals surface area contributed by atoms with Crippen LogP contribution < -0.4 is 0 Å². The maximum atomic E-state index is 10.6. The number of nitrogens with zero attached hydrogens (tertiary/aromatic N) is 5. The Balaban J connectivity index is 0.000000433. The van der Waals surface area contributed by atoms with Gasteiger partial charge in [-0.05, 0) is 119 Å². The number of pyridine rings is 3. The Morgan fingerprint density at radius 1 is 0.500 bits per heavy atom. The molecule has 10 rings (SSSR count). The summed E-state index contributed by atoms with van der Waals surface area (Å²) in [4.78, 5) is 32.9. The van der Waals surface area contributed by atoms with Crippen LogP contribution in [0.25, 0.3) is 77.0 Å². The molecule has 0 saturated heterocycles. The topological polar surface area (TPSA) is 102 Å². The molecule has 6 aromatic carbocycles. The van der Waals surface area contributed by atoms with Crippen LogP contribution in [-0.4, -0.2) is 36.0 Å². The SMILES string of the molecule is CC(C)(C)c1cncc(-c2ccccc2-c2cc(CCc3cnc4c5[c-]cccc5c5ccccc5c4c3)cc(-c3ccccc3-c3cncc(C(C)(C)C)c3)c2)c1.CC(C)(C)c1nc[c-]c(C(=O)O)n1.[Ir]. The fourth-order valence-corrected chi connectivity index (χ4v) is 9.06. The summed E-state index contributed by atoms with van der Waals surface area (Å²) in [6, 6.07) is 52.5. The third kappa shape index (κ3) is 11.1. The summed E-state index contributed by atoms with van der Waals surface area (Å²) >= 11 is 0. The molecule has 4 aromatic heterocycles. The van der Waals surface area contributed by atoms with E-state index in [2.05, 4.69) is 191 Å². The zero-order chi connectivity index (χ0) is 50.1. The smallest absolute Gasteiger partial charge is 0.191 e. The standard InChI is InChI=1S/C55H48N3.C9H11N2O2.Ir/c1-54(2,3)42-29-40(32-56-34-42)46-17-9-7-15-44(46)38-25-36(26-39(28-38)45-16-8-10-18-47(45)41-30-43(35-57-33-41)55(4,5)6)23-24-37-27-52-50-21-12-11-19-48(50)49-20-13-14-22-51(49)53(52)58-31-37;1-9(2,3)8-10-5-4-6(11-8)7(12)13;/h7-21,25-35H,23-24H2,1-6H3;5H,1-3H3,(H,12,13);/q2*-1;. The molecule has 0 saturated carbocycles. The van der Waals surface area contributed by atoms with Crippen molar-refractivity contribution in [2.24, 2.45) is 0 Å². The molecule has 0 unspecified atom stereocenters. The molecule has 1 radical (unpaired) electrons. The maximum Gasteiger partial charge on any atom is 0.191 e. The maximum absolute atomic E-state index is 10.6. The van der Waals surface area contributed by atoms with E-state index in [-0.39, 0.29) is 42.0 Å². The molecule has 10 aromatic rings. The van der Waals surface area contributed by atoms with Crippen molar-refractivity contribution in [1.29, 1.82) is 0 Å². The Kier molecular flexibility index (Phi) is 14.8. The van der Waals surface area contributed by atoms with Crippen molar-refractivity contribution in [2.45, 2.75) is 91.4 Å². The van der Waals surface area contributed by atoms with Gasteiger partial charge in [-0.2, -0.15) is 6.07 Å². The number of benzene rings is 6. The number of carboxylic acids is 1. The van der Waals surface area contributed by atoms with Gasteiger partial charge in [-0.15, -0.1) is 29.7 Å². The van der Waals surface area contributed by atoms with E-state index in [1.165, 1.54) is 83.4 Å². The third-order valence-corrected chi connectivity index (χ3v) is 13.0. The van der Waals surface area contributed by atoms with Crippen molar-refractivity contribution in [1.82, 2.24) is 24.9 Å². The number of hydrogen-bond acceptors (Lipinski definition) is 6. The molecule has 8 heteroatoms. The second kappa shape index (κ2) is 20.8. The van der Waals surface area contributed by atoms with Crippen LogP contribution >= 0.6 is 0 Å². The number of hydrogen-bond donors (Lipinski definition) is 1. The van der Waals surface area contributed by atoms with Gasteiger partial charge in [-0.3, -0.25) is 19.9 Å². The van der Waals surface area contributed by atoms with E-state index >= 15 is 0 Å². The Hall–Kier alpha value is -7.25. The number of carbonyl (C=O) groups is 1. The van der Waals surface area contributed by atoms with Gasteiger partial charge < -0.3 is 14.9 Å². The van der Waals surface area contributed by atoms with Crippen molar-refractivity contribution < 1.29 is 30.0 Å². The monoisotopic (exact) mass is 1120 g/mol. The summed E-state index contributed by atoms with van der Waals surface area (Å²) in [6.45, 7) is 19.2. The molecule has 1 N–H and O–H groups in total.